The summed E-state index contributed by atoms with van der Waals surface area (Å²) < 4.78 is 0. The Kier molecular flexibility index (Phi) is 4.37. The van der Waals surface area contributed by atoms with E-state index in [2.05, 4.69) is 31.6 Å². The molecule has 1 amide bonds. The van der Waals surface area contributed by atoms with E-state index in [1.165, 1.54) is 11.3 Å². The third kappa shape index (κ3) is 2.92. The first-order valence-electron chi connectivity index (χ1n) is 8.56. The molecule has 4 aromatic rings. The molecule has 0 atom stereocenters. The Bertz CT molecular complexity index is 1250. The van der Waals surface area contributed by atoms with E-state index in [1.54, 1.807) is 25.6 Å². The van der Waals surface area contributed by atoms with E-state index < -0.39 is 0 Å². The minimum atomic E-state index is -0.310. The predicted octanol–water partition coefficient (Wildman–Crippen LogP) is 4.13. The lowest BCUT2D eigenvalue weighted by atomic mass is 10.0. The molecule has 0 unspecified atom stereocenters. The highest BCUT2D eigenvalue weighted by atomic mass is 32.1. The Morgan fingerprint density at radius 1 is 1.25 bits per heavy atom. The summed E-state index contributed by atoms with van der Waals surface area (Å²) in [7, 11) is 0. The highest BCUT2D eigenvalue weighted by molar-refractivity contribution is 7.13. The molecule has 0 spiro atoms. The van der Waals surface area contributed by atoms with Gasteiger partial charge in [0.2, 0.25) is 0 Å². The standard InChI is InChI=1S/C20H16N6OS/c1-10-11(2)18(23-12(3)15(10)7-21)20(27)24-13-4-5-16-14(6-13)19(26-25-16)17-8-22-9-28-17/h4-6,8-9H,1-3H3,(H,24,27)(H,25,26). The van der Waals surface area contributed by atoms with Gasteiger partial charge in [-0.2, -0.15) is 10.4 Å². The Morgan fingerprint density at radius 3 is 2.79 bits per heavy atom. The first-order valence-corrected chi connectivity index (χ1v) is 9.43. The number of pyridine rings is 1. The lowest BCUT2D eigenvalue weighted by molar-refractivity contribution is 0.102. The number of H-pyrrole nitrogens is 1. The topological polar surface area (TPSA) is 107 Å². The van der Waals surface area contributed by atoms with Crippen LogP contribution in [0.5, 0.6) is 0 Å². The molecule has 8 heteroatoms. The zero-order chi connectivity index (χ0) is 19.8. The number of anilines is 1. The maximum atomic E-state index is 12.8. The largest absolute Gasteiger partial charge is 0.321 e. The number of aromatic nitrogens is 4. The molecule has 28 heavy (non-hydrogen) atoms. The van der Waals surface area contributed by atoms with E-state index >= 15 is 0 Å². The number of nitrogens with one attached hydrogen (secondary N) is 2. The number of hydrogen-bond acceptors (Lipinski definition) is 6. The molecule has 0 saturated carbocycles. The highest BCUT2D eigenvalue weighted by Gasteiger charge is 2.18. The van der Waals surface area contributed by atoms with Crippen molar-refractivity contribution >= 4 is 33.8 Å². The summed E-state index contributed by atoms with van der Waals surface area (Å²) in [6, 6.07) is 7.71. The minimum absolute atomic E-state index is 0.310. The molecule has 0 bridgehead atoms. The van der Waals surface area contributed by atoms with E-state index in [4.69, 9.17) is 0 Å². The van der Waals surface area contributed by atoms with E-state index in [1.807, 2.05) is 25.1 Å². The van der Waals surface area contributed by atoms with Gasteiger partial charge in [0.05, 0.1) is 27.2 Å². The van der Waals surface area contributed by atoms with E-state index in [0.29, 0.717) is 28.2 Å². The van der Waals surface area contributed by atoms with Crippen LogP contribution in [0.25, 0.3) is 21.5 Å². The molecule has 3 heterocycles. The zero-order valence-electron chi connectivity index (χ0n) is 15.5. The molecule has 4 rings (SSSR count). The quantitative estimate of drug-likeness (QED) is 0.549. The fourth-order valence-corrected chi connectivity index (χ4v) is 3.76. The number of aryl methyl sites for hydroxylation is 1. The van der Waals surface area contributed by atoms with Gasteiger partial charge < -0.3 is 5.32 Å². The highest BCUT2D eigenvalue weighted by Crippen LogP contribution is 2.30. The van der Waals surface area contributed by atoms with Gasteiger partial charge in [-0.25, -0.2) is 4.98 Å². The summed E-state index contributed by atoms with van der Waals surface area (Å²) in [4.78, 5) is 22.2. The Hall–Kier alpha value is -3.57. The molecule has 7 nitrogen and oxygen atoms in total. The minimum Gasteiger partial charge on any atom is -0.321 e. The predicted molar refractivity (Wildman–Crippen MR) is 108 cm³/mol. The van der Waals surface area contributed by atoms with Crippen LogP contribution < -0.4 is 5.32 Å². The second-order valence-electron chi connectivity index (χ2n) is 6.44. The van der Waals surface area contributed by atoms with Crippen molar-refractivity contribution in [2.75, 3.05) is 5.32 Å². The molecule has 1 aromatic carbocycles. The van der Waals surface area contributed by atoms with Crippen LogP contribution in [0.3, 0.4) is 0 Å². The summed E-state index contributed by atoms with van der Waals surface area (Å²) >= 11 is 1.50. The molecule has 0 saturated heterocycles. The van der Waals surface area contributed by atoms with Crippen molar-refractivity contribution in [1.82, 2.24) is 20.2 Å². The van der Waals surface area contributed by atoms with Gasteiger partial charge in [0.15, 0.2) is 0 Å². The molecule has 2 N–H and O–H groups in total. The third-order valence-electron chi connectivity index (χ3n) is 4.75. The summed E-state index contributed by atoms with van der Waals surface area (Å²) in [6.45, 7) is 5.37. The van der Waals surface area contributed by atoms with E-state index in [9.17, 15) is 10.1 Å². The summed E-state index contributed by atoms with van der Waals surface area (Å²) in [5.41, 5.74) is 6.94. The SMILES string of the molecule is Cc1nc(C(=O)Nc2ccc3[nH]nc(-c4cncs4)c3c2)c(C)c(C)c1C#N. The van der Waals surface area contributed by atoms with Crippen molar-refractivity contribution in [3.63, 3.8) is 0 Å². The van der Waals surface area contributed by atoms with Crippen molar-refractivity contribution in [2.45, 2.75) is 20.8 Å². The number of hydrogen-bond donors (Lipinski definition) is 2. The average Bonchev–Trinajstić information content (AvgIpc) is 3.34. The van der Waals surface area contributed by atoms with Gasteiger partial charge in [0.25, 0.3) is 5.91 Å². The van der Waals surface area contributed by atoms with Crippen molar-refractivity contribution in [3.05, 3.63) is 58.0 Å². The smallest absolute Gasteiger partial charge is 0.274 e. The first kappa shape index (κ1) is 17.8. The molecule has 0 fully saturated rings. The molecule has 3 aromatic heterocycles. The first-order chi connectivity index (χ1) is 13.5. The zero-order valence-corrected chi connectivity index (χ0v) is 16.3. The molecule has 0 aliphatic carbocycles. The van der Waals surface area contributed by atoms with Gasteiger partial charge in [-0.05, 0) is 50.1 Å². The van der Waals surface area contributed by atoms with Crippen LogP contribution in [-0.2, 0) is 0 Å². The maximum absolute atomic E-state index is 12.8. The number of fused-ring (bicyclic) bond motifs is 1. The van der Waals surface area contributed by atoms with Crippen molar-refractivity contribution in [2.24, 2.45) is 0 Å². The number of amides is 1. The molecular weight excluding hydrogens is 372 g/mol. The normalized spacial score (nSPS) is 10.8. The van der Waals surface area contributed by atoms with Crippen LogP contribution in [0.1, 0.15) is 32.9 Å². The van der Waals surface area contributed by atoms with Crippen LogP contribution in [0.2, 0.25) is 0 Å². The summed E-state index contributed by atoms with van der Waals surface area (Å²) in [5, 5.41) is 20.4. The fraction of sp³-hybridized carbons (Fsp3) is 0.150. The fourth-order valence-electron chi connectivity index (χ4n) is 3.13. The van der Waals surface area contributed by atoms with Gasteiger partial charge in [-0.3, -0.25) is 14.9 Å². The van der Waals surface area contributed by atoms with Crippen LogP contribution in [-0.4, -0.2) is 26.1 Å². The number of aromatic amines is 1. The second kappa shape index (κ2) is 6.87. The van der Waals surface area contributed by atoms with Crippen molar-refractivity contribution in [1.29, 1.82) is 5.26 Å². The number of rotatable bonds is 3. The number of benzene rings is 1. The van der Waals surface area contributed by atoms with Crippen molar-refractivity contribution in [3.8, 4) is 16.6 Å². The summed E-state index contributed by atoms with van der Waals surface area (Å²) in [5.74, 6) is -0.310. The number of carbonyl (C=O) groups excluding carboxylic acids is 1. The van der Waals surface area contributed by atoms with Gasteiger partial charge >= 0.3 is 0 Å². The van der Waals surface area contributed by atoms with E-state index in [0.717, 1.165) is 27.0 Å². The Balaban J connectivity index is 1.70. The van der Waals surface area contributed by atoms with Crippen LogP contribution in [0, 0.1) is 32.1 Å². The van der Waals surface area contributed by atoms with Gasteiger partial charge in [0.1, 0.15) is 17.5 Å². The molecule has 0 aliphatic heterocycles. The number of nitrogens with zero attached hydrogens (tertiary/aromatic N) is 4. The van der Waals surface area contributed by atoms with Crippen molar-refractivity contribution < 1.29 is 4.79 Å². The molecule has 0 radical (unpaired) electrons. The van der Waals surface area contributed by atoms with Crippen LogP contribution in [0.4, 0.5) is 5.69 Å². The van der Waals surface area contributed by atoms with Crippen LogP contribution >= 0.6 is 11.3 Å². The van der Waals surface area contributed by atoms with Gasteiger partial charge in [-0.15, -0.1) is 11.3 Å². The van der Waals surface area contributed by atoms with Gasteiger partial charge in [-0.1, -0.05) is 0 Å². The van der Waals surface area contributed by atoms with E-state index in [-0.39, 0.29) is 5.91 Å². The number of thiazole rings is 1. The maximum Gasteiger partial charge on any atom is 0.274 e. The van der Waals surface area contributed by atoms with Crippen LogP contribution in [0.15, 0.2) is 29.9 Å². The lowest BCUT2D eigenvalue weighted by Crippen LogP contribution is -2.17. The Morgan fingerprint density at radius 2 is 2.07 bits per heavy atom. The second-order valence-corrected chi connectivity index (χ2v) is 7.32. The van der Waals surface area contributed by atoms with Gasteiger partial charge in [0, 0.05) is 17.3 Å². The molecule has 0 aliphatic rings. The monoisotopic (exact) mass is 388 g/mol. The molecule has 138 valence electrons. The average molecular weight is 388 g/mol. The molecular formula is C20H16N6OS. The Labute approximate surface area is 165 Å². The number of carbonyl (C=O) groups is 1. The number of nitriles is 1. The third-order valence-corrected chi connectivity index (χ3v) is 5.53. The lowest BCUT2D eigenvalue weighted by Gasteiger charge is -2.12. The summed E-state index contributed by atoms with van der Waals surface area (Å²) in [6.07, 6.45) is 1.76.